The Morgan fingerprint density at radius 2 is 1.72 bits per heavy atom. The van der Waals surface area contributed by atoms with Crippen LogP contribution in [0, 0.1) is 0 Å². The third kappa shape index (κ3) is 6.94. The van der Waals surface area contributed by atoms with E-state index in [0.717, 1.165) is 29.0 Å². The summed E-state index contributed by atoms with van der Waals surface area (Å²) in [5.41, 5.74) is 2.23. The molecule has 0 saturated heterocycles. The highest BCUT2D eigenvalue weighted by atomic mass is 35.5. The minimum absolute atomic E-state index is 0. The minimum atomic E-state index is 0. The molecule has 0 aliphatic rings. The number of ether oxygens (including phenoxy) is 2. The average Bonchev–Trinajstić information content (AvgIpc) is 2.63. The van der Waals surface area contributed by atoms with Crippen LogP contribution in [0.5, 0.6) is 11.5 Å². The first-order valence-corrected chi connectivity index (χ1v) is 8.53. The second-order valence-electron chi connectivity index (χ2n) is 5.66. The Bertz CT molecular complexity index is 603. The molecular weight excluding hydrogens is 338 g/mol. The molecule has 2 aromatic rings. The molecule has 0 aliphatic heterocycles. The number of nitrogens with one attached hydrogen (secondary N) is 1. The van der Waals surface area contributed by atoms with E-state index in [1.165, 1.54) is 0 Å². The summed E-state index contributed by atoms with van der Waals surface area (Å²) in [6, 6.07) is 16.2. The van der Waals surface area contributed by atoms with E-state index in [1.54, 1.807) is 0 Å². The van der Waals surface area contributed by atoms with Crippen LogP contribution in [0.2, 0.25) is 0 Å². The van der Waals surface area contributed by atoms with Crippen molar-refractivity contribution in [2.75, 3.05) is 13.2 Å². The number of benzene rings is 2. The maximum atomic E-state index is 9.26. The van der Waals surface area contributed by atoms with Gasteiger partial charge in [-0.2, -0.15) is 0 Å². The molecule has 0 radical (unpaired) electrons. The van der Waals surface area contributed by atoms with Crippen LogP contribution in [0.3, 0.4) is 0 Å². The lowest BCUT2D eigenvalue weighted by atomic mass is 10.1. The van der Waals surface area contributed by atoms with Gasteiger partial charge in [0.1, 0.15) is 6.61 Å². The van der Waals surface area contributed by atoms with Crippen LogP contribution in [-0.4, -0.2) is 24.4 Å². The largest absolute Gasteiger partial charge is 0.490 e. The average molecular weight is 366 g/mol. The van der Waals surface area contributed by atoms with Gasteiger partial charge in [0.05, 0.1) is 13.2 Å². The van der Waals surface area contributed by atoms with Crippen molar-refractivity contribution in [1.29, 1.82) is 0 Å². The van der Waals surface area contributed by atoms with Crippen molar-refractivity contribution in [3.63, 3.8) is 0 Å². The quantitative estimate of drug-likeness (QED) is 0.669. The first kappa shape index (κ1) is 21.3. The van der Waals surface area contributed by atoms with E-state index in [9.17, 15) is 5.11 Å². The van der Waals surface area contributed by atoms with Crippen LogP contribution < -0.4 is 14.8 Å². The Kier molecular flexibility index (Phi) is 10.0. The fourth-order valence-electron chi connectivity index (χ4n) is 2.39. The van der Waals surface area contributed by atoms with Crippen molar-refractivity contribution in [2.24, 2.45) is 0 Å². The van der Waals surface area contributed by atoms with Crippen LogP contribution in [0.4, 0.5) is 0 Å². The van der Waals surface area contributed by atoms with E-state index in [2.05, 4.69) is 12.2 Å². The molecule has 0 aromatic heterocycles. The van der Waals surface area contributed by atoms with E-state index < -0.39 is 0 Å². The molecular formula is C20H28ClNO3. The second-order valence-corrected chi connectivity index (χ2v) is 5.66. The maximum absolute atomic E-state index is 9.26. The Labute approximate surface area is 156 Å². The number of rotatable bonds is 10. The highest BCUT2D eigenvalue weighted by Crippen LogP contribution is 2.29. The van der Waals surface area contributed by atoms with Crippen molar-refractivity contribution >= 4 is 12.4 Å². The van der Waals surface area contributed by atoms with Crippen molar-refractivity contribution in [3.05, 3.63) is 59.7 Å². The highest BCUT2D eigenvalue weighted by Gasteiger charge is 2.09. The molecule has 0 saturated carbocycles. The van der Waals surface area contributed by atoms with Crippen molar-refractivity contribution in [3.8, 4) is 11.5 Å². The van der Waals surface area contributed by atoms with Crippen LogP contribution >= 0.6 is 12.4 Å². The minimum Gasteiger partial charge on any atom is -0.490 e. The molecule has 138 valence electrons. The molecule has 0 spiro atoms. The number of aliphatic hydroxyl groups is 1. The van der Waals surface area contributed by atoms with Gasteiger partial charge in [0.25, 0.3) is 0 Å². The molecule has 1 unspecified atom stereocenters. The van der Waals surface area contributed by atoms with E-state index in [0.29, 0.717) is 19.8 Å². The molecule has 0 fully saturated rings. The molecule has 0 aliphatic carbocycles. The molecule has 0 heterocycles. The summed E-state index contributed by atoms with van der Waals surface area (Å²) in [7, 11) is 0. The number of halogens is 1. The number of hydrogen-bond donors (Lipinski definition) is 2. The van der Waals surface area contributed by atoms with Gasteiger partial charge in [0, 0.05) is 12.6 Å². The first-order chi connectivity index (χ1) is 11.8. The third-order valence-electron chi connectivity index (χ3n) is 3.85. The van der Waals surface area contributed by atoms with Crippen LogP contribution in [0.1, 0.15) is 31.4 Å². The molecule has 2 N–H and O–H groups in total. The summed E-state index contributed by atoms with van der Waals surface area (Å²) >= 11 is 0. The predicted molar refractivity (Wildman–Crippen MR) is 104 cm³/mol. The molecule has 4 nitrogen and oxygen atoms in total. The van der Waals surface area contributed by atoms with E-state index in [4.69, 9.17) is 9.47 Å². The van der Waals surface area contributed by atoms with Gasteiger partial charge in [-0.1, -0.05) is 43.3 Å². The summed E-state index contributed by atoms with van der Waals surface area (Å²) in [6.07, 6.45) is 0.896. The van der Waals surface area contributed by atoms with E-state index >= 15 is 0 Å². The van der Waals surface area contributed by atoms with Gasteiger partial charge >= 0.3 is 0 Å². The first-order valence-electron chi connectivity index (χ1n) is 8.53. The number of hydrogen-bond acceptors (Lipinski definition) is 4. The summed E-state index contributed by atoms with van der Waals surface area (Å²) < 4.78 is 11.6. The fraction of sp³-hybridized carbons (Fsp3) is 0.400. The lowest BCUT2D eigenvalue weighted by molar-refractivity contribution is 0.238. The zero-order valence-corrected chi connectivity index (χ0v) is 15.7. The summed E-state index contributed by atoms with van der Waals surface area (Å²) in [5, 5.41) is 12.6. The van der Waals surface area contributed by atoms with E-state index in [-0.39, 0.29) is 25.1 Å². The van der Waals surface area contributed by atoms with Crippen molar-refractivity contribution < 1.29 is 14.6 Å². The van der Waals surface area contributed by atoms with Gasteiger partial charge in [-0.3, -0.25) is 0 Å². The molecule has 2 rings (SSSR count). The lowest BCUT2D eigenvalue weighted by Crippen LogP contribution is -2.31. The van der Waals surface area contributed by atoms with Crippen LogP contribution in [0.25, 0.3) is 0 Å². The summed E-state index contributed by atoms with van der Waals surface area (Å²) in [4.78, 5) is 0. The predicted octanol–water partition coefficient (Wildman–Crippen LogP) is 3.95. The van der Waals surface area contributed by atoms with Crippen molar-refractivity contribution in [2.45, 2.75) is 39.5 Å². The third-order valence-corrected chi connectivity index (χ3v) is 3.85. The lowest BCUT2D eigenvalue weighted by Gasteiger charge is -2.16. The van der Waals surface area contributed by atoms with Gasteiger partial charge in [0.2, 0.25) is 0 Å². The maximum Gasteiger partial charge on any atom is 0.161 e. The standard InChI is InChI=1S/C20H27NO3.ClH/c1-3-18(14-22)21-13-17-10-11-19(20(12-17)23-4-2)24-15-16-8-6-5-7-9-16;/h5-12,18,21-22H,3-4,13-15H2,1-2H3;1H. The second kappa shape index (κ2) is 11.7. The van der Waals surface area contributed by atoms with Gasteiger partial charge in [-0.25, -0.2) is 0 Å². The van der Waals surface area contributed by atoms with Gasteiger partial charge in [-0.15, -0.1) is 12.4 Å². The molecule has 25 heavy (non-hydrogen) atoms. The van der Waals surface area contributed by atoms with Crippen LogP contribution in [-0.2, 0) is 13.2 Å². The van der Waals surface area contributed by atoms with Gasteiger partial charge < -0.3 is 19.9 Å². The molecule has 0 bridgehead atoms. The fourth-order valence-corrected chi connectivity index (χ4v) is 2.39. The SMILES string of the molecule is CCOc1cc(CNC(CC)CO)ccc1OCc1ccccc1.Cl. The monoisotopic (exact) mass is 365 g/mol. The number of aliphatic hydroxyl groups excluding tert-OH is 1. The molecule has 1 atom stereocenters. The molecule has 2 aromatic carbocycles. The normalized spacial score (nSPS) is 11.5. The smallest absolute Gasteiger partial charge is 0.161 e. The highest BCUT2D eigenvalue weighted by molar-refractivity contribution is 5.85. The molecule has 0 amide bonds. The Balaban J connectivity index is 0.00000312. The Morgan fingerprint density at radius 1 is 0.960 bits per heavy atom. The van der Waals surface area contributed by atoms with Crippen LogP contribution in [0.15, 0.2) is 48.5 Å². The van der Waals surface area contributed by atoms with Gasteiger partial charge in [0.15, 0.2) is 11.5 Å². The zero-order chi connectivity index (χ0) is 17.2. The Hall–Kier alpha value is -1.75. The molecule has 5 heteroatoms. The zero-order valence-electron chi connectivity index (χ0n) is 14.9. The van der Waals surface area contributed by atoms with E-state index in [1.807, 2.05) is 55.5 Å². The summed E-state index contributed by atoms with van der Waals surface area (Å²) in [5.74, 6) is 1.50. The summed E-state index contributed by atoms with van der Waals surface area (Å²) in [6.45, 7) is 5.96. The Morgan fingerprint density at radius 3 is 2.36 bits per heavy atom. The topological polar surface area (TPSA) is 50.7 Å². The van der Waals surface area contributed by atoms with Gasteiger partial charge in [-0.05, 0) is 36.6 Å². The van der Waals surface area contributed by atoms with Crippen molar-refractivity contribution in [1.82, 2.24) is 5.32 Å².